The Balaban J connectivity index is 2.04. The van der Waals surface area contributed by atoms with Crippen molar-refractivity contribution in [1.82, 2.24) is 0 Å². The second kappa shape index (κ2) is 9.52. The van der Waals surface area contributed by atoms with E-state index in [1.165, 1.54) is 0 Å². The van der Waals surface area contributed by atoms with E-state index in [0.717, 1.165) is 5.56 Å². The Morgan fingerprint density at radius 2 is 1.52 bits per heavy atom. The molecule has 0 radical (unpaired) electrons. The minimum Gasteiger partial charge on any atom is -0.465 e. The van der Waals surface area contributed by atoms with Crippen LogP contribution in [0.25, 0.3) is 0 Å². The quantitative estimate of drug-likeness (QED) is 0.398. The van der Waals surface area contributed by atoms with Gasteiger partial charge in [-0.05, 0) is 18.9 Å². The molecule has 0 N–H and O–H groups in total. The Morgan fingerprint density at radius 3 is 2.12 bits per heavy atom. The standard InChI is InChI=1S/C21H22O4/c1-2-25-21(24)19(20(23)17-11-7-4-8-12-17)15-18(22)14-13-16-9-5-3-6-10-16/h3-12,19H,2,13-15H2,1H3. The Bertz CT molecular complexity index is 707. The van der Waals surface area contributed by atoms with Crippen molar-refractivity contribution in [3.63, 3.8) is 0 Å². The van der Waals surface area contributed by atoms with Gasteiger partial charge in [-0.15, -0.1) is 0 Å². The van der Waals surface area contributed by atoms with E-state index >= 15 is 0 Å². The van der Waals surface area contributed by atoms with E-state index in [9.17, 15) is 14.4 Å². The number of carbonyl (C=O) groups excluding carboxylic acids is 3. The lowest BCUT2D eigenvalue weighted by molar-refractivity contribution is -0.147. The molecule has 25 heavy (non-hydrogen) atoms. The second-order valence-electron chi connectivity index (χ2n) is 5.76. The molecule has 0 bridgehead atoms. The first-order valence-corrected chi connectivity index (χ1v) is 8.43. The summed E-state index contributed by atoms with van der Waals surface area (Å²) in [4.78, 5) is 37.1. The minimum atomic E-state index is -1.08. The number of ether oxygens (including phenoxy) is 1. The lowest BCUT2D eigenvalue weighted by atomic mass is 9.91. The van der Waals surface area contributed by atoms with Crippen LogP contribution in [0.4, 0.5) is 0 Å². The van der Waals surface area contributed by atoms with Crippen molar-refractivity contribution in [2.45, 2.75) is 26.2 Å². The summed E-state index contributed by atoms with van der Waals surface area (Å²) in [6.07, 6.45) is 0.760. The van der Waals surface area contributed by atoms with E-state index in [4.69, 9.17) is 4.74 Å². The van der Waals surface area contributed by atoms with Crippen LogP contribution in [-0.4, -0.2) is 24.1 Å². The van der Waals surface area contributed by atoms with Crippen LogP contribution in [0.3, 0.4) is 0 Å². The molecule has 0 heterocycles. The van der Waals surface area contributed by atoms with Gasteiger partial charge in [0.2, 0.25) is 0 Å². The number of benzene rings is 2. The fourth-order valence-electron chi connectivity index (χ4n) is 2.59. The first kappa shape index (κ1) is 18.6. The van der Waals surface area contributed by atoms with Gasteiger partial charge in [-0.1, -0.05) is 60.7 Å². The zero-order valence-corrected chi connectivity index (χ0v) is 14.3. The van der Waals surface area contributed by atoms with Gasteiger partial charge in [-0.25, -0.2) is 0 Å². The van der Waals surface area contributed by atoms with Crippen molar-refractivity contribution in [3.8, 4) is 0 Å². The van der Waals surface area contributed by atoms with Crippen molar-refractivity contribution < 1.29 is 19.1 Å². The van der Waals surface area contributed by atoms with Gasteiger partial charge in [0.05, 0.1) is 6.61 Å². The summed E-state index contributed by atoms with van der Waals surface area (Å²) in [7, 11) is 0. The molecule has 130 valence electrons. The molecule has 0 aromatic heterocycles. The van der Waals surface area contributed by atoms with Gasteiger partial charge in [0.15, 0.2) is 5.78 Å². The zero-order valence-electron chi connectivity index (χ0n) is 14.3. The van der Waals surface area contributed by atoms with E-state index < -0.39 is 11.9 Å². The van der Waals surface area contributed by atoms with Crippen LogP contribution < -0.4 is 0 Å². The molecule has 0 aliphatic carbocycles. The van der Waals surface area contributed by atoms with Crippen LogP contribution >= 0.6 is 0 Å². The van der Waals surface area contributed by atoms with Gasteiger partial charge in [0.25, 0.3) is 0 Å². The molecule has 4 nitrogen and oxygen atoms in total. The lowest BCUT2D eigenvalue weighted by Crippen LogP contribution is -2.29. The van der Waals surface area contributed by atoms with Crippen molar-refractivity contribution >= 4 is 17.5 Å². The molecule has 0 spiro atoms. The van der Waals surface area contributed by atoms with E-state index in [0.29, 0.717) is 18.4 Å². The van der Waals surface area contributed by atoms with Crippen molar-refractivity contribution in [2.24, 2.45) is 5.92 Å². The summed E-state index contributed by atoms with van der Waals surface area (Å²) in [6.45, 7) is 1.86. The Morgan fingerprint density at radius 1 is 0.920 bits per heavy atom. The molecular formula is C21H22O4. The van der Waals surface area contributed by atoms with Crippen LogP contribution in [0.1, 0.15) is 35.7 Å². The highest BCUT2D eigenvalue weighted by atomic mass is 16.5. The average molecular weight is 338 g/mol. The topological polar surface area (TPSA) is 60.4 Å². The number of esters is 1. The van der Waals surface area contributed by atoms with Crippen LogP contribution in [0.5, 0.6) is 0 Å². The number of hydrogen-bond donors (Lipinski definition) is 0. The van der Waals surface area contributed by atoms with Crippen LogP contribution in [0.2, 0.25) is 0 Å². The predicted molar refractivity (Wildman–Crippen MR) is 95.3 cm³/mol. The average Bonchev–Trinajstić information content (AvgIpc) is 2.65. The predicted octanol–water partition coefficient (Wildman–Crippen LogP) is 3.64. The molecule has 1 unspecified atom stereocenters. The Labute approximate surface area is 147 Å². The number of carbonyl (C=O) groups is 3. The van der Waals surface area contributed by atoms with Crippen molar-refractivity contribution in [1.29, 1.82) is 0 Å². The van der Waals surface area contributed by atoms with Gasteiger partial charge in [-0.2, -0.15) is 0 Å². The zero-order chi connectivity index (χ0) is 18.1. The third-order valence-electron chi connectivity index (χ3n) is 3.91. The maximum absolute atomic E-state index is 12.6. The fraction of sp³-hybridized carbons (Fsp3) is 0.286. The maximum Gasteiger partial charge on any atom is 0.317 e. The summed E-state index contributed by atoms with van der Waals surface area (Å²) in [6, 6.07) is 18.2. The molecule has 0 fully saturated rings. The van der Waals surface area contributed by atoms with E-state index in [1.54, 1.807) is 37.3 Å². The summed E-state index contributed by atoms with van der Waals surface area (Å²) < 4.78 is 5.00. The van der Waals surface area contributed by atoms with Gasteiger partial charge in [-0.3, -0.25) is 14.4 Å². The molecular weight excluding hydrogens is 316 g/mol. The van der Waals surface area contributed by atoms with Crippen LogP contribution in [0, 0.1) is 5.92 Å². The van der Waals surface area contributed by atoms with Gasteiger partial charge in [0.1, 0.15) is 11.7 Å². The molecule has 0 saturated heterocycles. The maximum atomic E-state index is 12.6. The normalized spacial score (nSPS) is 11.6. The van der Waals surface area contributed by atoms with Crippen molar-refractivity contribution in [2.75, 3.05) is 6.61 Å². The lowest BCUT2D eigenvalue weighted by Gasteiger charge is -2.14. The SMILES string of the molecule is CCOC(=O)C(CC(=O)CCc1ccccc1)C(=O)c1ccccc1. The van der Waals surface area contributed by atoms with Gasteiger partial charge >= 0.3 is 5.97 Å². The highest BCUT2D eigenvalue weighted by molar-refractivity contribution is 6.10. The number of hydrogen-bond acceptors (Lipinski definition) is 4. The summed E-state index contributed by atoms with van der Waals surface area (Å²) in [5.41, 5.74) is 1.47. The fourth-order valence-corrected chi connectivity index (χ4v) is 2.59. The highest BCUT2D eigenvalue weighted by Crippen LogP contribution is 2.17. The number of aryl methyl sites for hydroxylation is 1. The molecule has 0 aliphatic rings. The number of Topliss-reactive ketones (excluding diaryl/α,β-unsaturated/α-hetero) is 2. The molecule has 4 heteroatoms. The summed E-state index contributed by atoms with van der Waals surface area (Å²) in [5.74, 6) is -2.20. The van der Waals surface area contributed by atoms with Gasteiger partial charge < -0.3 is 4.74 Å². The molecule has 0 aliphatic heterocycles. The molecule has 2 aromatic rings. The highest BCUT2D eigenvalue weighted by Gasteiger charge is 2.30. The van der Waals surface area contributed by atoms with E-state index in [1.807, 2.05) is 30.3 Å². The molecule has 1 atom stereocenters. The number of rotatable bonds is 9. The van der Waals surface area contributed by atoms with Crippen LogP contribution in [0.15, 0.2) is 60.7 Å². The molecule has 2 rings (SSSR count). The monoisotopic (exact) mass is 338 g/mol. The number of ketones is 2. The third kappa shape index (κ3) is 5.68. The smallest absolute Gasteiger partial charge is 0.317 e. The third-order valence-corrected chi connectivity index (χ3v) is 3.91. The Hall–Kier alpha value is -2.75. The minimum absolute atomic E-state index is 0.119. The second-order valence-corrected chi connectivity index (χ2v) is 5.76. The first-order valence-electron chi connectivity index (χ1n) is 8.43. The first-order chi connectivity index (χ1) is 12.1. The van der Waals surface area contributed by atoms with Crippen molar-refractivity contribution in [3.05, 3.63) is 71.8 Å². The largest absolute Gasteiger partial charge is 0.465 e. The van der Waals surface area contributed by atoms with Gasteiger partial charge in [0, 0.05) is 18.4 Å². The van der Waals surface area contributed by atoms with E-state index in [-0.39, 0.29) is 24.6 Å². The molecule has 0 amide bonds. The van der Waals surface area contributed by atoms with E-state index in [2.05, 4.69) is 0 Å². The van der Waals surface area contributed by atoms with Crippen LogP contribution in [-0.2, 0) is 20.7 Å². The molecule has 2 aromatic carbocycles. The molecule has 0 saturated carbocycles. The Kier molecular flexibility index (Phi) is 7.08. The summed E-state index contributed by atoms with van der Waals surface area (Å²) in [5, 5.41) is 0. The summed E-state index contributed by atoms with van der Waals surface area (Å²) >= 11 is 0.